The molecule has 2 aliphatic heterocycles. The van der Waals surface area contributed by atoms with E-state index < -0.39 is 36.0 Å². The SMILES string of the molecule is COc1ccc(CN(C[C@H](O)[C@H](Cc2ccccc2)NC(=O)[C@@H](NC(=O)N(C)CCN2CCOCC2)C(C)C)NC(=O)[C@@H](NC(=O)N(C)CCN2CCOCC2)C(C)C)cc1. The summed E-state index contributed by atoms with van der Waals surface area (Å²) >= 11 is 0. The molecule has 0 spiro atoms. The molecule has 0 unspecified atom stereocenters. The summed E-state index contributed by atoms with van der Waals surface area (Å²) in [5.74, 6) is -0.749. The monoisotopic (exact) mass is 854 g/mol. The molecule has 0 bridgehead atoms. The van der Waals surface area contributed by atoms with Gasteiger partial charge in [-0.25, -0.2) is 14.6 Å². The number of rotatable bonds is 22. The summed E-state index contributed by atoms with van der Waals surface area (Å²) in [6.45, 7) is 15.8. The molecule has 2 saturated heterocycles. The number of amides is 6. The normalized spacial score (nSPS) is 17.0. The van der Waals surface area contributed by atoms with Gasteiger partial charge in [-0.1, -0.05) is 70.2 Å². The van der Waals surface area contributed by atoms with Gasteiger partial charge in [0.15, 0.2) is 0 Å². The van der Waals surface area contributed by atoms with Crippen molar-refractivity contribution in [1.29, 1.82) is 0 Å². The Balaban J connectivity index is 1.49. The van der Waals surface area contributed by atoms with Crippen LogP contribution in [0, 0.1) is 11.8 Å². The molecular weight excluding hydrogens is 783 g/mol. The van der Waals surface area contributed by atoms with Crippen molar-refractivity contribution < 1.29 is 38.5 Å². The van der Waals surface area contributed by atoms with Crippen molar-refractivity contribution >= 4 is 23.9 Å². The molecule has 2 heterocycles. The summed E-state index contributed by atoms with van der Waals surface area (Å²) in [6, 6.07) is 13.5. The number of morpholine rings is 2. The van der Waals surface area contributed by atoms with Crippen molar-refractivity contribution in [3.8, 4) is 5.75 Å². The van der Waals surface area contributed by atoms with E-state index in [0.29, 0.717) is 58.4 Å². The number of hydrazine groups is 1. The summed E-state index contributed by atoms with van der Waals surface area (Å²) in [5, 5.41) is 22.6. The lowest BCUT2D eigenvalue weighted by Gasteiger charge is -2.34. The number of likely N-dealkylation sites (N-methyl/N-ethyl adjacent to an activating group) is 2. The number of nitrogens with one attached hydrogen (secondary N) is 4. The van der Waals surface area contributed by atoms with E-state index in [0.717, 1.165) is 37.3 Å². The molecule has 0 saturated carbocycles. The van der Waals surface area contributed by atoms with Gasteiger partial charge in [-0.15, -0.1) is 0 Å². The number of nitrogens with zero attached hydrogens (tertiary/aromatic N) is 5. The zero-order valence-corrected chi connectivity index (χ0v) is 37.3. The predicted octanol–water partition coefficient (Wildman–Crippen LogP) is 1.61. The molecular formula is C44H71N9O8. The van der Waals surface area contributed by atoms with Crippen molar-refractivity contribution in [1.82, 2.24) is 46.0 Å². The first-order valence-corrected chi connectivity index (χ1v) is 21.6. The number of hydrogen-bond donors (Lipinski definition) is 5. The number of carbonyl (C=O) groups is 4. The van der Waals surface area contributed by atoms with Crippen LogP contribution in [0.5, 0.6) is 5.75 Å². The van der Waals surface area contributed by atoms with E-state index in [1.807, 2.05) is 82.3 Å². The van der Waals surface area contributed by atoms with E-state index in [-0.39, 0.29) is 43.4 Å². The summed E-state index contributed by atoms with van der Waals surface area (Å²) < 4.78 is 16.2. The number of urea groups is 2. The lowest BCUT2D eigenvalue weighted by atomic mass is 9.98. The zero-order chi connectivity index (χ0) is 44.3. The molecule has 0 aliphatic carbocycles. The molecule has 5 N–H and O–H groups in total. The molecule has 4 atom stereocenters. The molecule has 2 aromatic rings. The van der Waals surface area contributed by atoms with Crippen LogP contribution in [-0.4, -0.2) is 184 Å². The Hall–Kier alpha value is -4.52. The van der Waals surface area contributed by atoms with Gasteiger partial charge in [-0.05, 0) is 41.5 Å². The molecule has 6 amide bonds. The third kappa shape index (κ3) is 16.7. The number of carbonyl (C=O) groups excluding carboxylic acids is 4. The van der Waals surface area contributed by atoms with Crippen molar-refractivity contribution in [3.05, 3.63) is 65.7 Å². The minimum Gasteiger partial charge on any atom is -0.497 e. The molecule has 2 aliphatic rings. The van der Waals surface area contributed by atoms with Gasteiger partial charge in [-0.2, -0.15) is 0 Å². The Bertz CT molecular complexity index is 1620. The maximum Gasteiger partial charge on any atom is 0.317 e. The third-order valence-corrected chi connectivity index (χ3v) is 11.2. The largest absolute Gasteiger partial charge is 0.497 e. The van der Waals surface area contributed by atoms with Crippen LogP contribution in [0.25, 0.3) is 0 Å². The van der Waals surface area contributed by atoms with E-state index in [9.17, 15) is 24.3 Å². The van der Waals surface area contributed by atoms with E-state index in [4.69, 9.17) is 14.2 Å². The zero-order valence-electron chi connectivity index (χ0n) is 37.3. The standard InChI is InChI=1S/C44H71N9O8/c1-32(2)39(46-43(57)49(5)17-19-51-21-25-60-26-22-51)41(55)45-37(29-34-11-9-8-10-12-34)38(54)31-53(30-35-13-15-36(59-7)16-14-35)48-42(56)40(33(3)4)47-44(58)50(6)18-20-52-23-27-61-28-24-52/h8-16,32-33,37-40,54H,17-31H2,1-7H3,(H,45,55)(H,46,57)(H,47,58)(H,48,56)/t37-,38-,39-,40-/m0/s1. The predicted molar refractivity (Wildman–Crippen MR) is 234 cm³/mol. The fraction of sp³-hybridized carbons (Fsp3) is 0.636. The Kier molecular flexibility index (Phi) is 20.5. The molecule has 61 heavy (non-hydrogen) atoms. The average Bonchev–Trinajstić information content (AvgIpc) is 3.26. The van der Waals surface area contributed by atoms with E-state index >= 15 is 0 Å². The second kappa shape index (κ2) is 25.4. The van der Waals surface area contributed by atoms with Crippen LogP contribution in [0.3, 0.4) is 0 Å². The fourth-order valence-electron chi connectivity index (χ4n) is 7.10. The molecule has 4 rings (SSSR count). The fourth-order valence-corrected chi connectivity index (χ4v) is 7.10. The maximum atomic E-state index is 14.1. The number of benzene rings is 2. The Morgan fingerprint density at radius 1 is 0.705 bits per heavy atom. The quantitative estimate of drug-likeness (QED) is 0.109. The van der Waals surface area contributed by atoms with Gasteiger partial charge >= 0.3 is 12.1 Å². The van der Waals surface area contributed by atoms with Crippen LogP contribution in [0.15, 0.2) is 54.6 Å². The van der Waals surface area contributed by atoms with Crippen LogP contribution in [0.1, 0.15) is 38.8 Å². The van der Waals surface area contributed by atoms with Crippen molar-refractivity contribution in [2.45, 2.75) is 64.9 Å². The Morgan fingerprint density at radius 3 is 1.67 bits per heavy atom. The molecule has 0 aromatic heterocycles. The van der Waals surface area contributed by atoms with E-state index in [1.54, 1.807) is 36.0 Å². The van der Waals surface area contributed by atoms with Gasteiger partial charge in [-0.3, -0.25) is 24.8 Å². The van der Waals surface area contributed by atoms with E-state index in [2.05, 4.69) is 31.2 Å². The van der Waals surface area contributed by atoms with Crippen LogP contribution in [-0.2, 0) is 32.0 Å². The highest BCUT2D eigenvalue weighted by Gasteiger charge is 2.33. The van der Waals surface area contributed by atoms with Crippen LogP contribution >= 0.6 is 0 Å². The number of methoxy groups -OCH3 is 1. The molecule has 0 radical (unpaired) electrons. The number of aliphatic hydroxyl groups excluding tert-OH is 1. The summed E-state index contributed by atoms with van der Waals surface area (Å²) in [7, 11) is 5.00. The first kappa shape index (κ1) is 49.1. The first-order chi connectivity index (χ1) is 29.2. The number of hydrogen-bond acceptors (Lipinski definition) is 11. The van der Waals surface area contributed by atoms with Gasteiger partial charge in [0.25, 0.3) is 5.91 Å². The van der Waals surface area contributed by atoms with Crippen molar-refractivity contribution in [2.75, 3.05) is 107 Å². The highest BCUT2D eigenvalue weighted by molar-refractivity contribution is 5.88. The lowest BCUT2D eigenvalue weighted by Crippen LogP contribution is -2.60. The second-order valence-corrected chi connectivity index (χ2v) is 16.7. The lowest BCUT2D eigenvalue weighted by molar-refractivity contribution is -0.131. The number of ether oxygens (including phenoxy) is 3. The third-order valence-electron chi connectivity index (χ3n) is 11.2. The van der Waals surface area contributed by atoms with Gasteiger partial charge in [0.05, 0.1) is 45.7 Å². The summed E-state index contributed by atoms with van der Waals surface area (Å²) in [4.78, 5) is 62.6. The second-order valence-electron chi connectivity index (χ2n) is 16.7. The maximum absolute atomic E-state index is 14.1. The average molecular weight is 854 g/mol. The topological polar surface area (TPSA) is 181 Å². The summed E-state index contributed by atoms with van der Waals surface area (Å²) in [5.41, 5.74) is 4.69. The minimum atomic E-state index is -1.19. The molecule has 2 aromatic carbocycles. The van der Waals surface area contributed by atoms with Crippen LogP contribution in [0.4, 0.5) is 9.59 Å². The molecule has 340 valence electrons. The van der Waals surface area contributed by atoms with Crippen LogP contribution < -0.4 is 26.1 Å². The van der Waals surface area contributed by atoms with E-state index in [1.165, 1.54) is 0 Å². The molecule has 17 heteroatoms. The highest BCUT2D eigenvalue weighted by Crippen LogP contribution is 2.16. The summed E-state index contributed by atoms with van der Waals surface area (Å²) in [6.07, 6.45) is -0.918. The van der Waals surface area contributed by atoms with Gasteiger partial charge < -0.3 is 45.1 Å². The smallest absolute Gasteiger partial charge is 0.317 e. The van der Waals surface area contributed by atoms with Gasteiger partial charge in [0.1, 0.15) is 17.8 Å². The Morgan fingerprint density at radius 2 is 1.20 bits per heavy atom. The van der Waals surface area contributed by atoms with Crippen molar-refractivity contribution in [3.63, 3.8) is 0 Å². The van der Waals surface area contributed by atoms with Gasteiger partial charge in [0.2, 0.25) is 5.91 Å². The first-order valence-electron chi connectivity index (χ1n) is 21.6. The highest BCUT2D eigenvalue weighted by atomic mass is 16.5. The van der Waals surface area contributed by atoms with Crippen LogP contribution in [0.2, 0.25) is 0 Å². The minimum absolute atomic E-state index is 0.0866. The molecule has 2 fully saturated rings. The Labute approximate surface area is 362 Å². The van der Waals surface area contributed by atoms with Crippen molar-refractivity contribution in [2.24, 2.45) is 11.8 Å². The van der Waals surface area contributed by atoms with Gasteiger partial charge in [0, 0.05) is 79.5 Å². The molecule has 17 nitrogen and oxygen atoms in total. The number of aliphatic hydroxyl groups is 1.